The van der Waals surface area contributed by atoms with Gasteiger partial charge in [0.15, 0.2) is 5.76 Å². The lowest BCUT2D eigenvalue weighted by Crippen LogP contribution is -2.31. The molecular formula is C28H21FN2O3S. The third-order valence-electron chi connectivity index (χ3n) is 6.06. The highest BCUT2D eigenvalue weighted by Gasteiger charge is 2.45. The van der Waals surface area contributed by atoms with Crippen molar-refractivity contribution in [2.45, 2.75) is 19.9 Å². The summed E-state index contributed by atoms with van der Waals surface area (Å²) in [6, 6.07) is 21.4. The van der Waals surface area contributed by atoms with Crippen molar-refractivity contribution in [3.05, 3.63) is 118 Å². The second kappa shape index (κ2) is 8.92. The molecule has 4 aromatic rings. The molecule has 0 saturated heterocycles. The number of amides is 1. The van der Waals surface area contributed by atoms with E-state index in [0.717, 1.165) is 11.1 Å². The van der Waals surface area contributed by atoms with Crippen LogP contribution in [-0.2, 0) is 4.79 Å². The number of carbonyl (C=O) groups excluding carboxylic acids is 2. The summed E-state index contributed by atoms with van der Waals surface area (Å²) in [6.07, 6.45) is 0. The largest absolute Gasteiger partial charge is 0.503 e. The van der Waals surface area contributed by atoms with Crippen LogP contribution in [0.25, 0.3) is 10.6 Å². The molecule has 35 heavy (non-hydrogen) atoms. The maximum atomic E-state index is 13.9. The lowest BCUT2D eigenvalue weighted by Gasteiger charge is -2.28. The standard InChI is InChI=1S/C28H21FN2O3S/c1-16-8-6-7-11-21(16)23-22(25(33)28(34)31(23)20-14-12-19(29)13-15-20)24(32)26-17(2)30-27(35-26)18-9-4-3-5-10-18/h3-15,23,33H,1-2H3. The van der Waals surface area contributed by atoms with E-state index in [1.54, 1.807) is 6.92 Å². The fourth-order valence-electron chi connectivity index (χ4n) is 4.33. The fourth-order valence-corrected chi connectivity index (χ4v) is 5.35. The molecule has 7 heteroatoms. The van der Waals surface area contributed by atoms with E-state index < -0.39 is 29.3 Å². The quantitative estimate of drug-likeness (QED) is 0.335. The van der Waals surface area contributed by atoms with Crippen LogP contribution < -0.4 is 4.90 Å². The lowest BCUT2D eigenvalue weighted by molar-refractivity contribution is -0.117. The number of rotatable bonds is 5. The monoisotopic (exact) mass is 484 g/mol. The molecule has 0 fully saturated rings. The summed E-state index contributed by atoms with van der Waals surface area (Å²) in [5.41, 5.74) is 3.32. The molecule has 174 valence electrons. The van der Waals surface area contributed by atoms with Gasteiger partial charge in [-0.05, 0) is 49.2 Å². The van der Waals surface area contributed by atoms with Crippen molar-refractivity contribution in [3.8, 4) is 10.6 Å². The van der Waals surface area contributed by atoms with Crippen LogP contribution in [0.15, 0.2) is 90.2 Å². The molecule has 5 nitrogen and oxygen atoms in total. The van der Waals surface area contributed by atoms with E-state index in [1.807, 2.05) is 61.5 Å². The zero-order chi connectivity index (χ0) is 24.7. The maximum absolute atomic E-state index is 13.9. The van der Waals surface area contributed by atoms with Gasteiger partial charge in [-0.2, -0.15) is 0 Å². The summed E-state index contributed by atoms with van der Waals surface area (Å²) in [6.45, 7) is 3.62. The van der Waals surface area contributed by atoms with Crippen LogP contribution in [0.5, 0.6) is 0 Å². The Morgan fingerprint density at radius 3 is 2.31 bits per heavy atom. The van der Waals surface area contributed by atoms with E-state index in [4.69, 9.17) is 0 Å². The number of carbonyl (C=O) groups is 2. The summed E-state index contributed by atoms with van der Waals surface area (Å²) in [4.78, 5) is 33.5. The van der Waals surface area contributed by atoms with Gasteiger partial charge in [0.25, 0.3) is 5.91 Å². The molecule has 5 rings (SSSR count). The minimum absolute atomic E-state index is 0.0139. The molecule has 0 radical (unpaired) electrons. The lowest BCUT2D eigenvalue weighted by atomic mass is 9.92. The summed E-state index contributed by atoms with van der Waals surface area (Å²) >= 11 is 1.23. The molecule has 3 aromatic carbocycles. The summed E-state index contributed by atoms with van der Waals surface area (Å²) in [5.74, 6) is -2.22. The van der Waals surface area contributed by atoms with Gasteiger partial charge in [-0.1, -0.05) is 54.6 Å². The Bertz CT molecular complexity index is 1480. The average molecular weight is 485 g/mol. The molecule has 1 amide bonds. The second-order valence-electron chi connectivity index (χ2n) is 8.30. The Balaban J connectivity index is 1.65. The van der Waals surface area contributed by atoms with Gasteiger partial charge < -0.3 is 5.11 Å². The first-order valence-electron chi connectivity index (χ1n) is 11.0. The highest BCUT2D eigenvalue weighted by molar-refractivity contribution is 7.17. The number of thiazole rings is 1. The maximum Gasteiger partial charge on any atom is 0.294 e. The first kappa shape index (κ1) is 22.7. The van der Waals surface area contributed by atoms with Crippen molar-refractivity contribution in [2.24, 2.45) is 0 Å². The van der Waals surface area contributed by atoms with Crippen LogP contribution in [0.3, 0.4) is 0 Å². The summed E-state index contributed by atoms with van der Waals surface area (Å²) < 4.78 is 13.6. The van der Waals surface area contributed by atoms with Gasteiger partial charge in [-0.3, -0.25) is 14.5 Å². The van der Waals surface area contributed by atoms with Gasteiger partial charge in [0, 0.05) is 11.3 Å². The minimum Gasteiger partial charge on any atom is -0.503 e. The van der Waals surface area contributed by atoms with Crippen LogP contribution in [0.4, 0.5) is 10.1 Å². The summed E-state index contributed by atoms with van der Waals surface area (Å²) in [7, 11) is 0. The van der Waals surface area contributed by atoms with Gasteiger partial charge in [0.2, 0.25) is 5.78 Å². The number of nitrogens with zero attached hydrogens (tertiary/aromatic N) is 2. The molecule has 0 spiro atoms. The molecule has 0 saturated carbocycles. The van der Waals surface area contributed by atoms with Crippen LogP contribution >= 0.6 is 11.3 Å². The van der Waals surface area contributed by atoms with Gasteiger partial charge in [0.05, 0.1) is 22.2 Å². The van der Waals surface area contributed by atoms with E-state index in [1.165, 1.54) is 40.5 Å². The number of halogens is 1. The van der Waals surface area contributed by atoms with E-state index in [-0.39, 0.29) is 5.57 Å². The number of ketones is 1. The number of aromatic nitrogens is 1. The van der Waals surface area contributed by atoms with Gasteiger partial charge in [-0.15, -0.1) is 11.3 Å². The predicted molar refractivity (Wildman–Crippen MR) is 134 cm³/mol. The Hall–Kier alpha value is -4.10. The Labute approximate surface area is 205 Å². The van der Waals surface area contributed by atoms with Crippen molar-refractivity contribution >= 4 is 28.7 Å². The number of aryl methyl sites for hydroxylation is 2. The van der Waals surface area contributed by atoms with Crippen LogP contribution in [0.2, 0.25) is 0 Å². The van der Waals surface area contributed by atoms with Crippen molar-refractivity contribution in [1.82, 2.24) is 4.98 Å². The number of Topliss-reactive ketones (excluding diaryl/α,β-unsaturated/α-hetero) is 1. The molecular weight excluding hydrogens is 463 g/mol. The Kier molecular flexibility index (Phi) is 5.78. The third-order valence-corrected chi connectivity index (χ3v) is 7.27. The molecule has 2 heterocycles. The smallest absolute Gasteiger partial charge is 0.294 e. The molecule has 1 aliphatic rings. The SMILES string of the molecule is Cc1ccccc1C1C(C(=O)c2sc(-c3ccccc3)nc2C)=C(O)C(=O)N1c1ccc(F)cc1. The fraction of sp³-hybridized carbons (Fsp3) is 0.107. The van der Waals surface area contributed by atoms with Crippen LogP contribution in [0, 0.1) is 19.7 Å². The van der Waals surface area contributed by atoms with E-state index in [0.29, 0.717) is 26.8 Å². The number of aliphatic hydroxyl groups is 1. The van der Waals surface area contributed by atoms with E-state index >= 15 is 0 Å². The van der Waals surface area contributed by atoms with E-state index in [2.05, 4.69) is 4.98 Å². The normalized spacial score (nSPS) is 15.7. The van der Waals surface area contributed by atoms with Crippen molar-refractivity contribution < 1.29 is 19.1 Å². The minimum atomic E-state index is -0.872. The average Bonchev–Trinajstić information content (AvgIpc) is 3.38. The van der Waals surface area contributed by atoms with Crippen LogP contribution in [-0.4, -0.2) is 21.8 Å². The van der Waals surface area contributed by atoms with Crippen molar-refractivity contribution in [3.63, 3.8) is 0 Å². The number of benzene rings is 3. The highest BCUT2D eigenvalue weighted by Crippen LogP contribution is 2.44. The molecule has 1 unspecified atom stereocenters. The highest BCUT2D eigenvalue weighted by atomic mass is 32.1. The van der Waals surface area contributed by atoms with E-state index in [9.17, 15) is 19.1 Å². The molecule has 1 aliphatic heterocycles. The predicted octanol–water partition coefficient (Wildman–Crippen LogP) is 6.35. The topological polar surface area (TPSA) is 70.5 Å². The third kappa shape index (κ3) is 3.94. The number of anilines is 1. The van der Waals surface area contributed by atoms with Crippen LogP contribution in [0.1, 0.15) is 32.5 Å². The Morgan fingerprint density at radius 1 is 0.971 bits per heavy atom. The zero-order valence-electron chi connectivity index (χ0n) is 19.0. The van der Waals surface area contributed by atoms with Crippen molar-refractivity contribution in [2.75, 3.05) is 4.90 Å². The number of hydrogen-bond donors (Lipinski definition) is 1. The molecule has 0 bridgehead atoms. The Morgan fingerprint density at radius 2 is 1.63 bits per heavy atom. The molecule has 1 aromatic heterocycles. The molecule has 1 N–H and O–H groups in total. The number of hydrogen-bond acceptors (Lipinski definition) is 5. The van der Waals surface area contributed by atoms with Gasteiger partial charge >= 0.3 is 0 Å². The van der Waals surface area contributed by atoms with Gasteiger partial charge in [-0.25, -0.2) is 9.37 Å². The first-order valence-corrected chi connectivity index (χ1v) is 11.8. The molecule has 0 aliphatic carbocycles. The van der Waals surface area contributed by atoms with Gasteiger partial charge in [0.1, 0.15) is 10.8 Å². The second-order valence-corrected chi connectivity index (χ2v) is 9.30. The zero-order valence-corrected chi connectivity index (χ0v) is 19.8. The number of aliphatic hydroxyl groups excluding tert-OH is 1. The summed E-state index contributed by atoms with van der Waals surface area (Å²) in [5, 5.41) is 11.7. The first-order chi connectivity index (χ1) is 16.9. The molecule has 1 atom stereocenters. The van der Waals surface area contributed by atoms with Crippen molar-refractivity contribution in [1.29, 1.82) is 0 Å².